The third kappa shape index (κ3) is 4.28. The number of carbonyl (C=O) groups excluding carboxylic acids is 2. The largest absolute Gasteiger partial charge is 0.347 e. The normalized spacial score (nSPS) is 14.3. The molecule has 0 radical (unpaired) electrons. The molecule has 2 aromatic heterocycles. The molecule has 0 aliphatic carbocycles. The highest BCUT2D eigenvalue weighted by molar-refractivity contribution is 5.92. The third-order valence-electron chi connectivity index (χ3n) is 4.06. The lowest BCUT2D eigenvalue weighted by molar-refractivity contribution is -0.129. The highest BCUT2D eigenvalue weighted by Gasteiger charge is 2.21. The van der Waals surface area contributed by atoms with Crippen molar-refractivity contribution in [1.82, 2.24) is 25.2 Å². The Labute approximate surface area is 145 Å². The summed E-state index contributed by atoms with van der Waals surface area (Å²) in [4.78, 5) is 40.1. The summed E-state index contributed by atoms with van der Waals surface area (Å²) >= 11 is 0. The zero-order chi connectivity index (χ0) is 17.6. The third-order valence-corrected chi connectivity index (χ3v) is 4.06. The van der Waals surface area contributed by atoms with Crippen molar-refractivity contribution in [3.05, 3.63) is 48.0 Å². The molecule has 0 bridgehead atoms. The van der Waals surface area contributed by atoms with Crippen molar-refractivity contribution in [2.45, 2.75) is 13.5 Å². The number of carbonyl (C=O) groups is 2. The van der Waals surface area contributed by atoms with Crippen LogP contribution in [0.3, 0.4) is 0 Å². The summed E-state index contributed by atoms with van der Waals surface area (Å²) in [6.07, 6.45) is 4.98. The molecule has 1 saturated heterocycles. The number of hydrogen-bond acceptors (Lipinski definition) is 6. The molecule has 1 N–H and O–H groups in total. The van der Waals surface area contributed by atoms with Gasteiger partial charge in [0.15, 0.2) is 0 Å². The van der Waals surface area contributed by atoms with E-state index in [0.717, 1.165) is 5.56 Å². The highest BCUT2D eigenvalue weighted by Crippen LogP contribution is 2.11. The van der Waals surface area contributed by atoms with E-state index in [1.54, 1.807) is 36.5 Å². The fourth-order valence-electron chi connectivity index (χ4n) is 2.62. The van der Waals surface area contributed by atoms with E-state index in [2.05, 4.69) is 20.3 Å². The van der Waals surface area contributed by atoms with E-state index in [9.17, 15) is 9.59 Å². The summed E-state index contributed by atoms with van der Waals surface area (Å²) in [5, 5.41) is 2.83. The first-order valence-corrected chi connectivity index (χ1v) is 8.14. The van der Waals surface area contributed by atoms with E-state index < -0.39 is 0 Å². The molecule has 1 aliphatic heterocycles. The number of amides is 2. The molecule has 1 fully saturated rings. The van der Waals surface area contributed by atoms with Crippen LogP contribution in [-0.4, -0.2) is 57.8 Å². The smallest absolute Gasteiger partial charge is 0.270 e. The molecule has 0 spiro atoms. The first-order chi connectivity index (χ1) is 12.1. The van der Waals surface area contributed by atoms with Gasteiger partial charge in [-0.25, -0.2) is 9.97 Å². The van der Waals surface area contributed by atoms with Gasteiger partial charge < -0.3 is 15.1 Å². The Hall–Kier alpha value is -3.03. The van der Waals surface area contributed by atoms with Crippen LogP contribution in [0.15, 0.2) is 36.8 Å². The van der Waals surface area contributed by atoms with Crippen LogP contribution < -0.4 is 10.2 Å². The van der Waals surface area contributed by atoms with E-state index in [0.29, 0.717) is 44.4 Å². The van der Waals surface area contributed by atoms with Crippen LogP contribution in [0.2, 0.25) is 0 Å². The molecule has 130 valence electrons. The monoisotopic (exact) mass is 340 g/mol. The quantitative estimate of drug-likeness (QED) is 0.870. The number of rotatable bonds is 4. The molecule has 0 saturated carbocycles. The summed E-state index contributed by atoms with van der Waals surface area (Å²) in [6.45, 7) is 4.54. The molecular formula is C17H20N6O2. The predicted molar refractivity (Wildman–Crippen MR) is 91.9 cm³/mol. The standard InChI is InChI=1S/C17H20N6O2/c1-13(24)22-7-9-23(10-8-22)17-19-6-4-15(21-17)16(25)20-12-14-3-2-5-18-11-14/h2-6,11H,7-10,12H2,1H3,(H,20,25). The zero-order valence-corrected chi connectivity index (χ0v) is 14.1. The fraction of sp³-hybridized carbons (Fsp3) is 0.353. The molecule has 25 heavy (non-hydrogen) atoms. The lowest BCUT2D eigenvalue weighted by Crippen LogP contribution is -2.48. The molecule has 3 rings (SSSR count). The molecule has 0 atom stereocenters. The molecular weight excluding hydrogens is 320 g/mol. The molecule has 0 unspecified atom stereocenters. The lowest BCUT2D eigenvalue weighted by Gasteiger charge is -2.34. The van der Waals surface area contributed by atoms with E-state index >= 15 is 0 Å². The zero-order valence-electron chi connectivity index (χ0n) is 14.1. The van der Waals surface area contributed by atoms with Crippen LogP contribution >= 0.6 is 0 Å². The van der Waals surface area contributed by atoms with Gasteiger partial charge in [0.25, 0.3) is 5.91 Å². The van der Waals surface area contributed by atoms with Gasteiger partial charge in [0.2, 0.25) is 11.9 Å². The van der Waals surface area contributed by atoms with Crippen molar-refractivity contribution in [1.29, 1.82) is 0 Å². The minimum absolute atomic E-state index is 0.0732. The number of pyridine rings is 1. The van der Waals surface area contributed by atoms with E-state index in [1.807, 2.05) is 17.0 Å². The molecule has 0 aromatic carbocycles. The average Bonchev–Trinajstić information content (AvgIpc) is 2.67. The van der Waals surface area contributed by atoms with Crippen molar-refractivity contribution in [3.8, 4) is 0 Å². The van der Waals surface area contributed by atoms with Crippen LogP contribution in [0.1, 0.15) is 23.0 Å². The Balaban J connectivity index is 1.61. The summed E-state index contributed by atoms with van der Waals surface area (Å²) in [5.74, 6) is 0.330. The summed E-state index contributed by atoms with van der Waals surface area (Å²) < 4.78 is 0. The molecule has 2 amide bonds. The summed E-state index contributed by atoms with van der Waals surface area (Å²) in [5.41, 5.74) is 1.24. The number of nitrogens with zero attached hydrogens (tertiary/aromatic N) is 5. The van der Waals surface area contributed by atoms with Crippen molar-refractivity contribution >= 4 is 17.8 Å². The van der Waals surface area contributed by atoms with E-state index in [4.69, 9.17) is 0 Å². The molecule has 1 aliphatic rings. The maximum atomic E-state index is 12.3. The van der Waals surface area contributed by atoms with Crippen LogP contribution in [0.5, 0.6) is 0 Å². The Morgan fingerprint density at radius 2 is 1.96 bits per heavy atom. The van der Waals surface area contributed by atoms with Gasteiger partial charge in [0.1, 0.15) is 5.69 Å². The predicted octanol–water partition coefficient (Wildman–Crippen LogP) is 0.470. The molecule has 3 heterocycles. The minimum atomic E-state index is -0.255. The number of aromatic nitrogens is 3. The van der Waals surface area contributed by atoms with Crippen molar-refractivity contribution in [2.75, 3.05) is 31.1 Å². The van der Waals surface area contributed by atoms with Gasteiger partial charge in [-0.15, -0.1) is 0 Å². The second-order valence-corrected chi connectivity index (χ2v) is 5.78. The number of anilines is 1. The second kappa shape index (κ2) is 7.69. The first kappa shape index (κ1) is 16.8. The van der Waals surface area contributed by atoms with Gasteiger partial charge >= 0.3 is 0 Å². The molecule has 8 heteroatoms. The SMILES string of the molecule is CC(=O)N1CCN(c2nccc(C(=O)NCc3cccnc3)n2)CC1. The van der Waals surface area contributed by atoms with Crippen molar-refractivity contribution in [3.63, 3.8) is 0 Å². The van der Waals surface area contributed by atoms with Crippen LogP contribution in [0.25, 0.3) is 0 Å². The minimum Gasteiger partial charge on any atom is -0.347 e. The average molecular weight is 340 g/mol. The van der Waals surface area contributed by atoms with Crippen LogP contribution in [0.4, 0.5) is 5.95 Å². The van der Waals surface area contributed by atoms with Gasteiger partial charge in [-0.2, -0.15) is 0 Å². The van der Waals surface area contributed by atoms with Crippen molar-refractivity contribution in [2.24, 2.45) is 0 Å². The first-order valence-electron chi connectivity index (χ1n) is 8.14. The summed E-state index contributed by atoms with van der Waals surface area (Å²) in [7, 11) is 0. The fourth-order valence-corrected chi connectivity index (χ4v) is 2.62. The van der Waals surface area contributed by atoms with Crippen LogP contribution in [-0.2, 0) is 11.3 Å². The Morgan fingerprint density at radius 1 is 1.16 bits per heavy atom. The number of nitrogens with one attached hydrogen (secondary N) is 1. The van der Waals surface area contributed by atoms with Gasteiger partial charge in [0, 0.05) is 58.2 Å². The maximum absolute atomic E-state index is 12.3. The second-order valence-electron chi connectivity index (χ2n) is 5.78. The Bertz CT molecular complexity index is 744. The number of piperazine rings is 1. The van der Waals surface area contributed by atoms with Crippen molar-refractivity contribution < 1.29 is 9.59 Å². The van der Waals surface area contributed by atoms with Gasteiger partial charge in [-0.1, -0.05) is 6.07 Å². The topological polar surface area (TPSA) is 91.3 Å². The van der Waals surface area contributed by atoms with Gasteiger partial charge in [-0.3, -0.25) is 14.6 Å². The molecule has 2 aromatic rings. The van der Waals surface area contributed by atoms with Gasteiger partial charge in [-0.05, 0) is 17.7 Å². The Kier molecular flexibility index (Phi) is 5.17. The van der Waals surface area contributed by atoms with E-state index in [1.165, 1.54) is 0 Å². The Morgan fingerprint density at radius 3 is 2.64 bits per heavy atom. The van der Waals surface area contributed by atoms with E-state index in [-0.39, 0.29) is 11.8 Å². The van der Waals surface area contributed by atoms with Gasteiger partial charge in [0.05, 0.1) is 0 Å². The van der Waals surface area contributed by atoms with Crippen LogP contribution in [0, 0.1) is 0 Å². The highest BCUT2D eigenvalue weighted by atomic mass is 16.2. The lowest BCUT2D eigenvalue weighted by atomic mass is 10.3. The number of hydrogen-bond donors (Lipinski definition) is 1. The molecule has 8 nitrogen and oxygen atoms in total. The maximum Gasteiger partial charge on any atom is 0.270 e. The summed E-state index contributed by atoms with van der Waals surface area (Å²) in [6, 6.07) is 5.31.